The molecule has 1 aromatic carbocycles. The largest absolute Gasteiger partial charge is 0.392 e. The topological polar surface area (TPSA) is 20.2 Å². The molecule has 0 radical (unpaired) electrons. The van der Waals surface area contributed by atoms with E-state index in [0.717, 1.165) is 14.8 Å². The fourth-order valence-electron chi connectivity index (χ4n) is 1.70. The number of aliphatic hydroxyl groups excluding tert-OH is 1. The van der Waals surface area contributed by atoms with Crippen molar-refractivity contribution in [3.8, 4) is 0 Å². The Morgan fingerprint density at radius 2 is 2.06 bits per heavy atom. The second kappa shape index (κ2) is 5.63. The monoisotopic (exact) mass is 270 g/mol. The third kappa shape index (κ3) is 3.80. The Bertz CT molecular complexity index is 498. The fourth-order valence-corrected chi connectivity index (χ4v) is 2.86. The molecule has 1 N–H and O–H groups in total. The highest BCUT2D eigenvalue weighted by Crippen LogP contribution is 2.23. The Hall–Kier alpha value is -0.900. The Kier molecular flexibility index (Phi) is 4.15. The molecule has 1 heterocycles. The number of thiophene rings is 1. The van der Waals surface area contributed by atoms with Gasteiger partial charge in [-0.1, -0.05) is 23.7 Å². The normalized spacial score (nSPS) is 12.6. The molecule has 4 heteroatoms. The minimum Gasteiger partial charge on any atom is -0.392 e. The summed E-state index contributed by atoms with van der Waals surface area (Å²) in [4.78, 5) is 1.04. The Morgan fingerprint density at radius 3 is 2.71 bits per heavy atom. The van der Waals surface area contributed by atoms with E-state index in [2.05, 4.69) is 0 Å². The molecule has 1 unspecified atom stereocenters. The average molecular weight is 271 g/mol. The number of hydrogen-bond acceptors (Lipinski definition) is 2. The number of aliphatic hydroxyl groups is 1. The lowest BCUT2D eigenvalue weighted by atomic mass is 10.1. The van der Waals surface area contributed by atoms with E-state index in [1.165, 1.54) is 23.5 Å². The van der Waals surface area contributed by atoms with Crippen molar-refractivity contribution in [3.63, 3.8) is 0 Å². The van der Waals surface area contributed by atoms with E-state index in [-0.39, 0.29) is 5.82 Å². The van der Waals surface area contributed by atoms with Crippen molar-refractivity contribution in [2.45, 2.75) is 18.9 Å². The summed E-state index contributed by atoms with van der Waals surface area (Å²) in [5, 5.41) is 9.90. The predicted octanol–water partition coefficient (Wildman–Crippen LogP) is 3.69. The molecule has 0 aliphatic heterocycles. The van der Waals surface area contributed by atoms with Gasteiger partial charge in [-0.15, -0.1) is 11.3 Å². The lowest BCUT2D eigenvalue weighted by Crippen LogP contribution is -2.13. The van der Waals surface area contributed by atoms with Crippen molar-refractivity contribution >= 4 is 22.9 Å². The minimum atomic E-state index is -0.508. The molecule has 0 saturated carbocycles. The second-order valence-corrected chi connectivity index (χ2v) is 5.70. The first-order chi connectivity index (χ1) is 8.13. The van der Waals surface area contributed by atoms with Gasteiger partial charge in [-0.05, 0) is 36.2 Å². The first-order valence-corrected chi connectivity index (χ1v) is 6.49. The quantitative estimate of drug-likeness (QED) is 0.898. The van der Waals surface area contributed by atoms with Gasteiger partial charge in [0.1, 0.15) is 5.82 Å². The zero-order valence-corrected chi connectivity index (χ0v) is 10.6. The average Bonchev–Trinajstić information content (AvgIpc) is 2.63. The van der Waals surface area contributed by atoms with Crippen LogP contribution in [0.5, 0.6) is 0 Å². The summed E-state index contributed by atoms with van der Waals surface area (Å²) in [7, 11) is 0. The predicted molar refractivity (Wildman–Crippen MR) is 69.1 cm³/mol. The number of rotatable bonds is 4. The van der Waals surface area contributed by atoms with Gasteiger partial charge in [-0.25, -0.2) is 4.39 Å². The van der Waals surface area contributed by atoms with Gasteiger partial charge in [0.15, 0.2) is 0 Å². The van der Waals surface area contributed by atoms with E-state index in [9.17, 15) is 9.50 Å². The molecule has 0 aliphatic rings. The van der Waals surface area contributed by atoms with E-state index in [1.807, 2.05) is 18.2 Å². The number of hydrogen-bond donors (Lipinski definition) is 1. The zero-order chi connectivity index (χ0) is 12.3. The van der Waals surface area contributed by atoms with Crippen LogP contribution >= 0.6 is 22.9 Å². The van der Waals surface area contributed by atoms with E-state index >= 15 is 0 Å². The van der Waals surface area contributed by atoms with E-state index in [0.29, 0.717) is 12.8 Å². The highest BCUT2D eigenvalue weighted by molar-refractivity contribution is 7.16. The molecule has 0 saturated heterocycles. The lowest BCUT2D eigenvalue weighted by molar-refractivity contribution is 0.176. The van der Waals surface area contributed by atoms with E-state index < -0.39 is 6.10 Å². The van der Waals surface area contributed by atoms with E-state index in [1.54, 1.807) is 6.07 Å². The fraction of sp³-hybridized carbons (Fsp3) is 0.231. The summed E-state index contributed by atoms with van der Waals surface area (Å²) < 4.78 is 13.7. The van der Waals surface area contributed by atoms with Crippen LogP contribution in [0.4, 0.5) is 4.39 Å². The van der Waals surface area contributed by atoms with Crippen molar-refractivity contribution in [2.24, 2.45) is 0 Å². The summed E-state index contributed by atoms with van der Waals surface area (Å²) in [6, 6.07) is 10.0. The summed E-state index contributed by atoms with van der Waals surface area (Å²) in [5.41, 5.74) is 0.806. The highest BCUT2D eigenvalue weighted by atomic mass is 35.5. The van der Waals surface area contributed by atoms with Gasteiger partial charge in [0, 0.05) is 11.3 Å². The van der Waals surface area contributed by atoms with Crippen LogP contribution in [0.25, 0.3) is 0 Å². The smallest absolute Gasteiger partial charge is 0.123 e. The van der Waals surface area contributed by atoms with Crippen molar-refractivity contribution < 1.29 is 9.50 Å². The first-order valence-electron chi connectivity index (χ1n) is 5.30. The molecular formula is C13H12ClFOS. The maximum Gasteiger partial charge on any atom is 0.123 e. The van der Waals surface area contributed by atoms with Crippen LogP contribution in [-0.4, -0.2) is 11.2 Å². The SMILES string of the molecule is OC(Cc1cccc(F)c1)Cc1ccc(Cl)s1. The molecule has 0 amide bonds. The molecule has 1 atom stereocenters. The second-order valence-electron chi connectivity index (χ2n) is 3.90. The molecule has 1 nitrogen and oxygen atoms in total. The summed E-state index contributed by atoms with van der Waals surface area (Å²) in [6.07, 6.45) is 0.493. The summed E-state index contributed by atoms with van der Waals surface area (Å²) in [6.45, 7) is 0. The molecule has 1 aromatic heterocycles. The summed E-state index contributed by atoms with van der Waals surface area (Å²) in [5.74, 6) is -0.270. The molecule has 17 heavy (non-hydrogen) atoms. The van der Waals surface area contributed by atoms with Gasteiger partial charge >= 0.3 is 0 Å². The van der Waals surface area contributed by atoms with Gasteiger partial charge in [0.05, 0.1) is 10.4 Å². The van der Waals surface area contributed by atoms with Crippen molar-refractivity contribution in [3.05, 3.63) is 57.0 Å². The zero-order valence-electron chi connectivity index (χ0n) is 9.07. The van der Waals surface area contributed by atoms with Crippen molar-refractivity contribution in [1.29, 1.82) is 0 Å². The maximum absolute atomic E-state index is 13.0. The third-order valence-electron chi connectivity index (χ3n) is 2.43. The van der Waals surface area contributed by atoms with Gasteiger partial charge < -0.3 is 5.11 Å². The van der Waals surface area contributed by atoms with Crippen molar-refractivity contribution in [2.75, 3.05) is 0 Å². The number of benzene rings is 1. The van der Waals surface area contributed by atoms with Gasteiger partial charge in [0.25, 0.3) is 0 Å². The standard InChI is InChI=1S/C13H12ClFOS/c14-13-5-4-12(17-13)8-11(16)7-9-2-1-3-10(15)6-9/h1-6,11,16H,7-8H2. The minimum absolute atomic E-state index is 0.270. The van der Waals surface area contributed by atoms with Crippen LogP contribution in [0.15, 0.2) is 36.4 Å². The van der Waals surface area contributed by atoms with Gasteiger partial charge in [-0.2, -0.15) is 0 Å². The lowest BCUT2D eigenvalue weighted by Gasteiger charge is -2.09. The summed E-state index contributed by atoms with van der Waals surface area (Å²) >= 11 is 7.27. The molecule has 0 spiro atoms. The Balaban J connectivity index is 1.95. The molecule has 0 aliphatic carbocycles. The van der Waals surface area contributed by atoms with Gasteiger partial charge in [0.2, 0.25) is 0 Å². The molecule has 2 rings (SSSR count). The van der Waals surface area contributed by atoms with Crippen LogP contribution in [0.1, 0.15) is 10.4 Å². The van der Waals surface area contributed by atoms with Crippen LogP contribution in [-0.2, 0) is 12.8 Å². The first kappa shape index (κ1) is 12.6. The van der Waals surface area contributed by atoms with Crippen LogP contribution in [0, 0.1) is 5.82 Å². The molecule has 90 valence electrons. The van der Waals surface area contributed by atoms with Crippen LogP contribution < -0.4 is 0 Å². The van der Waals surface area contributed by atoms with Crippen molar-refractivity contribution in [1.82, 2.24) is 0 Å². The maximum atomic E-state index is 13.0. The molecule has 0 fully saturated rings. The Morgan fingerprint density at radius 1 is 1.24 bits per heavy atom. The van der Waals surface area contributed by atoms with Crippen LogP contribution in [0.2, 0.25) is 4.34 Å². The molecular weight excluding hydrogens is 259 g/mol. The highest BCUT2D eigenvalue weighted by Gasteiger charge is 2.09. The number of halogens is 2. The molecule has 0 bridgehead atoms. The van der Waals surface area contributed by atoms with Gasteiger partial charge in [-0.3, -0.25) is 0 Å². The third-order valence-corrected chi connectivity index (χ3v) is 3.68. The van der Waals surface area contributed by atoms with E-state index in [4.69, 9.17) is 11.6 Å². The Labute approximate surface area is 108 Å². The van der Waals surface area contributed by atoms with Crippen LogP contribution in [0.3, 0.4) is 0 Å². The molecule has 2 aromatic rings.